The van der Waals surface area contributed by atoms with Crippen molar-refractivity contribution in [3.05, 3.63) is 16.1 Å². The van der Waals surface area contributed by atoms with Gasteiger partial charge in [0.15, 0.2) is 10.7 Å². The lowest BCUT2D eigenvalue weighted by molar-refractivity contribution is 0.0664. The van der Waals surface area contributed by atoms with E-state index in [0.717, 1.165) is 11.3 Å². The maximum absolute atomic E-state index is 12.0. The van der Waals surface area contributed by atoms with Gasteiger partial charge in [-0.15, -0.1) is 11.3 Å². The minimum atomic E-state index is -1.15. The Hall–Kier alpha value is -1.47. The van der Waals surface area contributed by atoms with E-state index in [9.17, 15) is 9.59 Å². The highest BCUT2D eigenvalue weighted by atomic mass is 32.1. The largest absolute Gasteiger partial charge is 0.476 e. The third kappa shape index (κ3) is 3.24. The summed E-state index contributed by atoms with van der Waals surface area (Å²) in [5.41, 5.74) is -0.133. The molecule has 17 heavy (non-hydrogen) atoms. The number of rotatable bonds is 5. The predicted octanol–water partition coefficient (Wildman–Crippen LogP) is 0.684. The fraction of sp³-hybridized carbons (Fsp3) is 0.500. The van der Waals surface area contributed by atoms with Crippen molar-refractivity contribution in [2.75, 3.05) is 13.2 Å². The van der Waals surface area contributed by atoms with Crippen LogP contribution in [0.15, 0.2) is 5.38 Å². The quantitative estimate of drug-likeness (QED) is 0.810. The summed E-state index contributed by atoms with van der Waals surface area (Å²) >= 11 is 0.993. The lowest BCUT2D eigenvalue weighted by Crippen LogP contribution is -2.39. The third-order valence-electron chi connectivity index (χ3n) is 2.13. The van der Waals surface area contributed by atoms with E-state index in [1.54, 1.807) is 0 Å². The summed E-state index contributed by atoms with van der Waals surface area (Å²) in [6.45, 7) is 3.71. The van der Waals surface area contributed by atoms with Crippen LogP contribution >= 0.6 is 11.3 Å². The summed E-state index contributed by atoms with van der Waals surface area (Å²) < 4.78 is 0. The Morgan fingerprint density at radius 3 is 2.59 bits per heavy atom. The van der Waals surface area contributed by atoms with Crippen LogP contribution in [0.25, 0.3) is 0 Å². The summed E-state index contributed by atoms with van der Waals surface area (Å²) in [5.74, 6) is -1.51. The normalized spacial score (nSPS) is 10.6. The first-order chi connectivity index (χ1) is 7.97. The van der Waals surface area contributed by atoms with Crippen LogP contribution in [0.1, 0.15) is 34.1 Å². The van der Waals surface area contributed by atoms with Gasteiger partial charge in [-0.1, -0.05) is 0 Å². The van der Waals surface area contributed by atoms with Crippen LogP contribution in [0.3, 0.4) is 0 Å². The SMILES string of the molecule is CC(C)N(CCO)C(=O)c1nc(C(=O)O)cs1. The summed E-state index contributed by atoms with van der Waals surface area (Å²) in [4.78, 5) is 27.8. The number of aromatic carboxylic acids is 1. The average molecular weight is 258 g/mol. The fourth-order valence-electron chi connectivity index (χ4n) is 1.30. The van der Waals surface area contributed by atoms with Crippen molar-refractivity contribution >= 4 is 23.2 Å². The molecule has 0 bridgehead atoms. The highest BCUT2D eigenvalue weighted by Gasteiger charge is 2.22. The Morgan fingerprint density at radius 1 is 1.53 bits per heavy atom. The second kappa shape index (κ2) is 5.74. The van der Waals surface area contributed by atoms with E-state index in [2.05, 4.69) is 4.98 Å². The summed E-state index contributed by atoms with van der Waals surface area (Å²) in [7, 11) is 0. The molecule has 1 heterocycles. The predicted molar refractivity (Wildman–Crippen MR) is 62.3 cm³/mol. The molecule has 0 aliphatic heterocycles. The van der Waals surface area contributed by atoms with E-state index < -0.39 is 5.97 Å². The first kappa shape index (κ1) is 13.6. The minimum Gasteiger partial charge on any atom is -0.476 e. The molecule has 0 fully saturated rings. The van der Waals surface area contributed by atoms with Gasteiger partial charge >= 0.3 is 5.97 Å². The van der Waals surface area contributed by atoms with Gasteiger partial charge in [-0.25, -0.2) is 9.78 Å². The van der Waals surface area contributed by atoms with Gasteiger partial charge in [-0.2, -0.15) is 0 Å². The topological polar surface area (TPSA) is 90.7 Å². The van der Waals surface area contributed by atoms with E-state index in [1.807, 2.05) is 13.8 Å². The fourth-order valence-corrected chi connectivity index (χ4v) is 2.04. The molecule has 1 aromatic heterocycles. The van der Waals surface area contributed by atoms with Gasteiger partial charge < -0.3 is 15.1 Å². The Morgan fingerprint density at radius 2 is 2.18 bits per heavy atom. The summed E-state index contributed by atoms with van der Waals surface area (Å²) in [6.07, 6.45) is 0. The third-order valence-corrected chi connectivity index (χ3v) is 2.96. The van der Waals surface area contributed by atoms with Gasteiger partial charge in [0.2, 0.25) is 0 Å². The van der Waals surface area contributed by atoms with Gasteiger partial charge in [-0.05, 0) is 13.8 Å². The van der Waals surface area contributed by atoms with Crippen molar-refractivity contribution in [2.24, 2.45) is 0 Å². The monoisotopic (exact) mass is 258 g/mol. The van der Waals surface area contributed by atoms with E-state index in [-0.39, 0.29) is 35.8 Å². The number of carbonyl (C=O) groups excluding carboxylic acids is 1. The van der Waals surface area contributed by atoms with Crippen LogP contribution in [0, 0.1) is 0 Å². The van der Waals surface area contributed by atoms with Crippen LogP contribution in [0.2, 0.25) is 0 Å². The Bertz CT molecular complexity index is 416. The Balaban J connectivity index is 2.89. The van der Waals surface area contributed by atoms with Gasteiger partial charge in [0.1, 0.15) is 0 Å². The Labute approximate surface area is 103 Å². The number of amides is 1. The van der Waals surface area contributed by atoms with Crippen molar-refractivity contribution in [3.8, 4) is 0 Å². The molecule has 0 radical (unpaired) electrons. The number of carboxylic acids is 1. The smallest absolute Gasteiger partial charge is 0.355 e. The lowest BCUT2D eigenvalue weighted by atomic mass is 10.3. The van der Waals surface area contributed by atoms with Crippen LogP contribution in [-0.2, 0) is 0 Å². The highest BCUT2D eigenvalue weighted by molar-refractivity contribution is 7.11. The van der Waals surface area contributed by atoms with Crippen LogP contribution in [0.5, 0.6) is 0 Å². The number of aliphatic hydroxyl groups excluding tert-OH is 1. The minimum absolute atomic E-state index is 0.0770. The molecule has 1 amide bonds. The van der Waals surface area contributed by atoms with Crippen LogP contribution in [-0.4, -0.2) is 51.2 Å². The first-order valence-electron chi connectivity index (χ1n) is 5.08. The molecule has 0 unspecified atom stereocenters. The van der Waals surface area contributed by atoms with Gasteiger partial charge in [0, 0.05) is 18.0 Å². The van der Waals surface area contributed by atoms with E-state index in [4.69, 9.17) is 10.2 Å². The number of aromatic nitrogens is 1. The van der Waals surface area contributed by atoms with Crippen molar-refractivity contribution < 1.29 is 19.8 Å². The number of carbonyl (C=O) groups is 2. The second-order valence-corrected chi connectivity index (χ2v) is 4.52. The number of hydrogen-bond donors (Lipinski definition) is 2. The zero-order valence-electron chi connectivity index (χ0n) is 9.58. The van der Waals surface area contributed by atoms with E-state index in [1.165, 1.54) is 10.3 Å². The van der Waals surface area contributed by atoms with Crippen molar-refractivity contribution in [2.45, 2.75) is 19.9 Å². The molecule has 0 saturated carbocycles. The maximum atomic E-state index is 12.0. The number of aliphatic hydroxyl groups is 1. The molecule has 1 rings (SSSR count). The maximum Gasteiger partial charge on any atom is 0.355 e. The zero-order chi connectivity index (χ0) is 13.0. The van der Waals surface area contributed by atoms with Crippen molar-refractivity contribution in [1.82, 2.24) is 9.88 Å². The molecular formula is C10H14N2O4S. The van der Waals surface area contributed by atoms with E-state index >= 15 is 0 Å². The first-order valence-corrected chi connectivity index (χ1v) is 5.96. The summed E-state index contributed by atoms with van der Waals surface area (Å²) in [5, 5.41) is 19.0. The van der Waals surface area contributed by atoms with Gasteiger partial charge in [0.25, 0.3) is 5.91 Å². The molecule has 94 valence electrons. The molecule has 0 spiro atoms. The number of thiazole rings is 1. The molecule has 1 aromatic rings. The molecule has 7 heteroatoms. The standard InChI is InChI=1S/C10H14N2O4S/c1-6(2)12(3-4-13)9(14)8-11-7(5-17-8)10(15)16/h5-6,13H,3-4H2,1-2H3,(H,15,16). The second-order valence-electron chi connectivity index (χ2n) is 3.66. The van der Waals surface area contributed by atoms with Gasteiger partial charge in [0.05, 0.1) is 6.61 Å². The summed E-state index contributed by atoms with van der Waals surface area (Å²) in [6, 6.07) is -0.0770. The number of hydrogen-bond acceptors (Lipinski definition) is 5. The van der Waals surface area contributed by atoms with Crippen LogP contribution < -0.4 is 0 Å². The molecule has 0 aliphatic rings. The van der Waals surface area contributed by atoms with Crippen molar-refractivity contribution in [3.63, 3.8) is 0 Å². The lowest BCUT2D eigenvalue weighted by Gasteiger charge is -2.24. The molecule has 2 N–H and O–H groups in total. The highest BCUT2D eigenvalue weighted by Crippen LogP contribution is 2.14. The molecule has 0 aliphatic carbocycles. The molecular weight excluding hydrogens is 244 g/mol. The van der Waals surface area contributed by atoms with Gasteiger partial charge in [-0.3, -0.25) is 4.79 Å². The zero-order valence-corrected chi connectivity index (χ0v) is 10.4. The molecule has 6 nitrogen and oxygen atoms in total. The molecule has 0 atom stereocenters. The molecule has 0 saturated heterocycles. The Kier molecular flexibility index (Phi) is 4.59. The average Bonchev–Trinajstić information content (AvgIpc) is 2.73. The van der Waals surface area contributed by atoms with Crippen molar-refractivity contribution in [1.29, 1.82) is 0 Å². The number of carboxylic acid groups (broad SMARTS) is 1. The van der Waals surface area contributed by atoms with Crippen LogP contribution in [0.4, 0.5) is 0 Å². The molecule has 0 aromatic carbocycles. The van der Waals surface area contributed by atoms with E-state index in [0.29, 0.717) is 0 Å². The number of nitrogens with zero attached hydrogens (tertiary/aromatic N) is 2.